The molecule has 0 radical (unpaired) electrons. The van der Waals surface area contributed by atoms with Crippen LogP contribution in [0.5, 0.6) is 0 Å². The van der Waals surface area contributed by atoms with Gasteiger partial charge in [0.2, 0.25) is 0 Å². The third kappa shape index (κ3) is 3.07. The Morgan fingerprint density at radius 3 is 3.25 bits per heavy atom. The zero-order valence-corrected chi connectivity index (χ0v) is 13.9. The molecule has 1 aromatic carbocycles. The van der Waals surface area contributed by atoms with Crippen molar-refractivity contribution in [2.75, 3.05) is 13.2 Å². The van der Waals surface area contributed by atoms with Crippen molar-refractivity contribution in [1.82, 2.24) is 25.1 Å². The van der Waals surface area contributed by atoms with Gasteiger partial charge in [-0.1, -0.05) is 12.1 Å². The third-order valence-corrected chi connectivity index (χ3v) is 4.80. The van der Waals surface area contributed by atoms with Gasteiger partial charge in [-0.2, -0.15) is 5.10 Å². The molecule has 1 fully saturated rings. The van der Waals surface area contributed by atoms with E-state index in [1.807, 2.05) is 25.6 Å². The summed E-state index contributed by atoms with van der Waals surface area (Å²) in [5.74, 6) is 1.48. The maximum Gasteiger partial charge on any atom is 0.137 e. The molecule has 2 aromatic heterocycles. The van der Waals surface area contributed by atoms with E-state index in [-0.39, 0.29) is 6.10 Å². The molecule has 2 atom stereocenters. The lowest BCUT2D eigenvalue weighted by atomic mass is 9.93. The molecular formula is C18H23N5O. The van der Waals surface area contributed by atoms with Crippen LogP contribution in [-0.2, 0) is 18.3 Å². The second kappa shape index (κ2) is 6.75. The van der Waals surface area contributed by atoms with Gasteiger partial charge in [0.1, 0.15) is 11.9 Å². The summed E-state index contributed by atoms with van der Waals surface area (Å²) in [7, 11) is 2.03. The minimum Gasteiger partial charge on any atom is -0.370 e. The molecule has 6 nitrogen and oxygen atoms in total. The number of imidazole rings is 1. The molecule has 0 bridgehead atoms. The Labute approximate surface area is 141 Å². The van der Waals surface area contributed by atoms with E-state index < -0.39 is 0 Å². The van der Waals surface area contributed by atoms with Crippen molar-refractivity contribution >= 4 is 10.9 Å². The van der Waals surface area contributed by atoms with Crippen LogP contribution in [-0.4, -0.2) is 32.9 Å². The highest BCUT2D eigenvalue weighted by Gasteiger charge is 2.29. The second-order valence-corrected chi connectivity index (χ2v) is 6.51. The van der Waals surface area contributed by atoms with Gasteiger partial charge in [0.15, 0.2) is 0 Å². The number of aromatic amines is 1. The second-order valence-electron chi connectivity index (χ2n) is 6.51. The minimum absolute atomic E-state index is 0.0846. The molecule has 3 heterocycles. The summed E-state index contributed by atoms with van der Waals surface area (Å²) in [6.45, 7) is 2.60. The highest BCUT2D eigenvalue weighted by Crippen LogP contribution is 2.32. The number of rotatable bonds is 5. The number of nitrogens with zero attached hydrogens (tertiary/aromatic N) is 3. The quantitative estimate of drug-likeness (QED) is 0.756. The van der Waals surface area contributed by atoms with E-state index in [0.29, 0.717) is 5.92 Å². The molecular weight excluding hydrogens is 302 g/mol. The molecule has 1 aliphatic heterocycles. The van der Waals surface area contributed by atoms with Crippen LogP contribution >= 0.6 is 0 Å². The van der Waals surface area contributed by atoms with Crippen LogP contribution in [0, 0.1) is 5.92 Å². The predicted molar refractivity (Wildman–Crippen MR) is 92.4 cm³/mol. The van der Waals surface area contributed by atoms with E-state index in [2.05, 4.69) is 43.3 Å². The Morgan fingerprint density at radius 1 is 1.42 bits per heavy atom. The summed E-state index contributed by atoms with van der Waals surface area (Å²) in [6.07, 6.45) is 8.05. The van der Waals surface area contributed by atoms with Gasteiger partial charge in [-0.05, 0) is 24.5 Å². The van der Waals surface area contributed by atoms with Crippen molar-refractivity contribution in [1.29, 1.82) is 0 Å². The molecule has 0 saturated carbocycles. The summed E-state index contributed by atoms with van der Waals surface area (Å²) in [5, 5.41) is 11.8. The molecule has 6 heteroatoms. The van der Waals surface area contributed by atoms with E-state index in [9.17, 15) is 0 Å². The van der Waals surface area contributed by atoms with E-state index in [4.69, 9.17) is 4.74 Å². The number of aryl methyl sites for hydroxylation is 1. The number of nitrogens with one attached hydrogen (secondary N) is 2. The molecule has 0 aliphatic carbocycles. The Morgan fingerprint density at radius 2 is 2.38 bits per heavy atom. The highest BCUT2D eigenvalue weighted by molar-refractivity contribution is 5.78. The zero-order chi connectivity index (χ0) is 16.4. The fourth-order valence-corrected chi connectivity index (χ4v) is 3.49. The first-order valence-corrected chi connectivity index (χ1v) is 8.53. The van der Waals surface area contributed by atoms with Crippen molar-refractivity contribution < 1.29 is 4.74 Å². The first-order valence-electron chi connectivity index (χ1n) is 8.53. The predicted octanol–water partition coefficient (Wildman–Crippen LogP) is 2.55. The normalized spacial score (nSPS) is 21.4. The highest BCUT2D eigenvalue weighted by atomic mass is 16.5. The van der Waals surface area contributed by atoms with Crippen LogP contribution in [0.3, 0.4) is 0 Å². The fraction of sp³-hybridized carbons (Fsp3) is 0.444. The molecule has 0 spiro atoms. The number of ether oxygens (including phenoxy) is 1. The number of H-pyrrole nitrogens is 1. The number of hydrogen-bond acceptors (Lipinski definition) is 4. The van der Waals surface area contributed by atoms with Crippen LogP contribution in [0.4, 0.5) is 0 Å². The molecule has 2 N–H and O–H groups in total. The largest absolute Gasteiger partial charge is 0.370 e. The van der Waals surface area contributed by atoms with Crippen molar-refractivity contribution in [3.8, 4) is 0 Å². The average Bonchev–Trinajstić information content (AvgIpc) is 3.23. The molecule has 0 amide bonds. The van der Waals surface area contributed by atoms with Gasteiger partial charge >= 0.3 is 0 Å². The summed E-state index contributed by atoms with van der Waals surface area (Å²) in [5.41, 5.74) is 2.35. The van der Waals surface area contributed by atoms with Gasteiger partial charge in [-0.3, -0.25) is 5.10 Å². The van der Waals surface area contributed by atoms with Crippen molar-refractivity contribution in [3.05, 3.63) is 48.2 Å². The zero-order valence-electron chi connectivity index (χ0n) is 13.9. The van der Waals surface area contributed by atoms with Gasteiger partial charge in [0, 0.05) is 50.4 Å². The summed E-state index contributed by atoms with van der Waals surface area (Å²) in [6, 6.07) is 6.41. The topological polar surface area (TPSA) is 67.8 Å². The minimum atomic E-state index is 0.0846. The van der Waals surface area contributed by atoms with Gasteiger partial charge in [0.05, 0.1) is 11.7 Å². The lowest BCUT2D eigenvalue weighted by Gasteiger charge is -2.31. The Kier molecular flexibility index (Phi) is 4.32. The molecule has 0 unspecified atom stereocenters. The molecule has 4 rings (SSSR count). The molecule has 1 aliphatic rings. The maximum absolute atomic E-state index is 6.03. The lowest BCUT2D eigenvalue weighted by Crippen LogP contribution is -2.33. The van der Waals surface area contributed by atoms with Crippen LogP contribution in [0.1, 0.15) is 30.3 Å². The van der Waals surface area contributed by atoms with Crippen molar-refractivity contribution in [2.24, 2.45) is 13.0 Å². The number of aromatic nitrogens is 4. The standard InChI is InChI=1S/C18H23N5O/c1-23-7-6-20-18(23)17-15(3-2-8-24-17)11-19-10-13-4-5-14-12-21-22-16(14)9-13/h4-7,9,12,15,17,19H,2-3,8,10-11H2,1H3,(H,21,22)/t15-,17+/m0/s1. The first kappa shape index (κ1) is 15.4. The first-order chi connectivity index (χ1) is 11.8. The van der Waals surface area contributed by atoms with Crippen LogP contribution < -0.4 is 5.32 Å². The maximum atomic E-state index is 6.03. The third-order valence-electron chi connectivity index (χ3n) is 4.80. The average molecular weight is 325 g/mol. The summed E-state index contributed by atoms with van der Waals surface area (Å²) >= 11 is 0. The molecule has 1 saturated heterocycles. The SMILES string of the molecule is Cn1ccnc1[C@@H]1OCCC[C@H]1CNCc1ccc2cn[nH]c2c1. The smallest absolute Gasteiger partial charge is 0.137 e. The van der Waals surface area contributed by atoms with Crippen molar-refractivity contribution in [3.63, 3.8) is 0 Å². The molecule has 24 heavy (non-hydrogen) atoms. The molecule has 3 aromatic rings. The molecule has 126 valence electrons. The number of fused-ring (bicyclic) bond motifs is 1. The number of benzene rings is 1. The Bertz CT molecular complexity index is 808. The summed E-state index contributed by atoms with van der Waals surface area (Å²) in [4.78, 5) is 4.48. The van der Waals surface area contributed by atoms with Crippen LogP contribution in [0.2, 0.25) is 0 Å². The van der Waals surface area contributed by atoms with Crippen LogP contribution in [0.15, 0.2) is 36.8 Å². The van der Waals surface area contributed by atoms with Gasteiger partial charge in [-0.15, -0.1) is 0 Å². The van der Waals surface area contributed by atoms with Crippen LogP contribution in [0.25, 0.3) is 10.9 Å². The van der Waals surface area contributed by atoms with E-state index in [1.165, 1.54) is 12.0 Å². The van der Waals surface area contributed by atoms with Gasteiger partial charge in [-0.25, -0.2) is 4.98 Å². The Balaban J connectivity index is 1.39. The van der Waals surface area contributed by atoms with E-state index in [1.54, 1.807) is 0 Å². The van der Waals surface area contributed by atoms with Crippen molar-refractivity contribution in [2.45, 2.75) is 25.5 Å². The van der Waals surface area contributed by atoms with E-state index in [0.717, 1.165) is 42.8 Å². The number of hydrogen-bond donors (Lipinski definition) is 2. The van der Waals surface area contributed by atoms with E-state index >= 15 is 0 Å². The van der Waals surface area contributed by atoms with Gasteiger partial charge in [0.25, 0.3) is 0 Å². The Hall–Kier alpha value is -2.18. The summed E-state index contributed by atoms with van der Waals surface area (Å²) < 4.78 is 8.09. The lowest BCUT2D eigenvalue weighted by molar-refractivity contribution is -0.0344. The monoisotopic (exact) mass is 325 g/mol. The fourth-order valence-electron chi connectivity index (χ4n) is 3.49. The van der Waals surface area contributed by atoms with Gasteiger partial charge < -0.3 is 14.6 Å².